The fourth-order valence-electron chi connectivity index (χ4n) is 4.67. The van der Waals surface area contributed by atoms with Crippen molar-refractivity contribution in [3.05, 3.63) is 90.6 Å². The molecule has 8 heteroatoms. The van der Waals surface area contributed by atoms with Crippen molar-refractivity contribution in [2.75, 3.05) is 30.4 Å². The van der Waals surface area contributed by atoms with Crippen molar-refractivity contribution in [1.82, 2.24) is 9.78 Å². The first-order chi connectivity index (χ1) is 18.0. The van der Waals surface area contributed by atoms with E-state index in [2.05, 4.69) is 15.3 Å². The minimum absolute atomic E-state index is 0.101. The quantitative estimate of drug-likeness (QED) is 0.393. The molecule has 3 N–H and O–H groups in total. The number of hydrogen-bond acceptors (Lipinski definition) is 5. The molecule has 37 heavy (non-hydrogen) atoms. The van der Waals surface area contributed by atoms with Gasteiger partial charge in [-0.3, -0.25) is 9.59 Å². The van der Waals surface area contributed by atoms with Crippen molar-refractivity contribution in [3.63, 3.8) is 0 Å². The fourth-order valence-corrected chi connectivity index (χ4v) is 4.67. The molecule has 4 aromatic rings. The van der Waals surface area contributed by atoms with Gasteiger partial charge in [0, 0.05) is 24.6 Å². The van der Waals surface area contributed by atoms with Gasteiger partial charge in [0.25, 0.3) is 5.91 Å². The van der Waals surface area contributed by atoms with E-state index in [9.17, 15) is 9.59 Å². The van der Waals surface area contributed by atoms with E-state index in [-0.39, 0.29) is 17.7 Å². The molecule has 0 aliphatic carbocycles. The number of carbonyl (C=O) groups excluding carboxylic acids is 2. The van der Waals surface area contributed by atoms with Gasteiger partial charge in [0.2, 0.25) is 5.91 Å². The Labute approximate surface area is 215 Å². The van der Waals surface area contributed by atoms with Gasteiger partial charge in [-0.2, -0.15) is 5.10 Å². The lowest BCUT2D eigenvalue weighted by atomic mass is 9.96. The number of hydrogen-bond donors (Lipinski definition) is 2. The molecule has 188 valence electrons. The number of primary amides is 1. The summed E-state index contributed by atoms with van der Waals surface area (Å²) in [6.07, 6.45) is 1.40. The average Bonchev–Trinajstić information content (AvgIpc) is 3.40. The predicted octanol–water partition coefficient (Wildman–Crippen LogP) is 4.50. The van der Waals surface area contributed by atoms with Crippen molar-refractivity contribution < 1.29 is 14.3 Å². The molecule has 8 nitrogen and oxygen atoms in total. The molecule has 2 heterocycles. The molecule has 1 aliphatic heterocycles. The molecular formula is C29H29N5O3. The van der Waals surface area contributed by atoms with Gasteiger partial charge in [-0.05, 0) is 67.4 Å². The van der Waals surface area contributed by atoms with Crippen molar-refractivity contribution in [3.8, 4) is 22.7 Å². The molecule has 0 bridgehead atoms. The van der Waals surface area contributed by atoms with Gasteiger partial charge in [0.15, 0.2) is 5.69 Å². The van der Waals surface area contributed by atoms with Gasteiger partial charge in [-0.1, -0.05) is 30.3 Å². The van der Waals surface area contributed by atoms with E-state index >= 15 is 0 Å². The third-order valence-electron chi connectivity index (χ3n) is 6.72. The monoisotopic (exact) mass is 495 g/mol. The van der Waals surface area contributed by atoms with Crippen LogP contribution in [0.2, 0.25) is 0 Å². The number of carbonyl (C=O) groups is 2. The summed E-state index contributed by atoms with van der Waals surface area (Å²) in [4.78, 5) is 27.2. The molecule has 1 saturated heterocycles. The van der Waals surface area contributed by atoms with E-state index in [1.54, 1.807) is 17.9 Å². The molecule has 2 amide bonds. The number of nitrogens with zero attached hydrogens (tertiary/aromatic N) is 3. The van der Waals surface area contributed by atoms with Gasteiger partial charge in [-0.15, -0.1) is 0 Å². The molecule has 0 spiro atoms. The van der Waals surface area contributed by atoms with Crippen LogP contribution in [-0.4, -0.2) is 41.8 Å². The average molecular weight is 496 g/mol. The summed E-state index contributed by atoms with van der Waals surface area (Å²) >= 11 is 0. The minimum Gasteiger partial charge on any atom is -0.497 e. The summed E-state index contributed by atoms with van der Waals surface area (Å²) in [7, 11) is 1.63. The number of piperidine rings is 1. The summed E-state index contributed by atoms with van der Waals surface area (Å²) in [6, 6.07) is 26.9. The van der Waals surface area contributed by atoms with Crippen LogP contribution in [0.5, 0.6) is 5.75 Å². The second-order valence-electron chi connectivity index (χ2n) is 9.03. The Kier molecular flexibility index (Phi) is 6.89. The number of benzene rings is 3. The smallest absolute Gasteiger partial charge is 0.276 e. The normalized spacial score (nSPS) is 13.8. The molecule has 0 unspecified atom stereocenters. The molecule has 1 fully saturated rings. The van der Waals surface area contributed by atoms with E-state index in [0.717, 1.165) is 28.4 Å². The highest BCUT2D eigenvalue weighted by Crippen LogP contribution is 2.31. The fraction of sp³-hybridized carbons (Fsp3) is 0.207. The number of amides is 2. The van der Waals surface area contributed by atoms with Crippen LogP contribution in [0, 0.1) is 5.92 Å². The first kappa shape index (κ1) is 24.1. The van der Waals surface area contributed by atoms with Crippen molar-refractivity contribution in [1.29, 1.82) is 0 Å². The lowest BCUT2D eigenvalue weighted by Gasteiger charge is -2.33. The van der Waals surface area contributed by atoms with Gasteiger partial charge in [0.1, 0.15) is 5.75 Å². The van der Waals surface area contributed by atoms with Crippen LogP contribution in [-0.2, 0) is 4.79 Å². The van der Waals surface area contributed by atoms with E-state index in [1.165, 1.54) is 0 Å². The zero-order chi connectivity index (χ0) is 25.8. The summed E-state index contributed by atoms with van der Waals surface area (Å²) in [5, 5.41) is 7.73. The Balaban J connectivity index is 1.43. The highest BCUT2D eigenvalue weighted by molar-refractivity contribution is 6.05. The first-order valence-corrected chi connectivity index (χ1v) is 12.3. The van der Waals surface area contributed by atoms with Gasteiger partial charge < -0.3 is 20.7 Å². The Morgan fingerprint density at radius 2 is 1.62 bits per heavy atom. The van der Waals surface area contributed by atoms with Crippen LogP contribution in [0.15, 0.2) is 84.9 Å². The number of rotatable bonds is 7. The van der Waals surface area contributed by atoms with E-state index in [4.69, 9.17) is 10.5 Å². The van der Waals surface area contributed by atoms with Gasteiger partial charge >= 0.3 is 0 Å². The second kappa shape index (κ2) is 10.6. The minimum atomic E-state index is -0.302. The number of aromatic nitrogens is 2. The van der Waals surface area contributed by atoms with Gasteiger partial charge in [0.05, 0.1) is 29.9 Å². The lowest BCUT2D eigenvalue weighted by Crippen LogP contribution is -2.38. The largest absolute Gasteiger partial charge is 0.497 e. The number of nitrogens with two attached hydrogens (primary N) is 1. The summed E-state index contributed by atoms with van der Waals surface area (Å²) in [6.45, 7) is 1.40. The summed E-state index contributed by atoms with van der Waals surface area (Å²) in [5.41, 5.74) is 9.97. The maximum atomic E-state index is 13.4. The third kappa shape index (κ3) is 5.18. The molecule has 1 aliphatic rings. The van der Waals surface area contributed by atoms with Crippen LogP contribution in [0.1, 0.15) is 23.3 Å². The van der Waals surface area contributed by atoms with E-state index in [1.807, 2.05) is 78.9 Å². The second-order valence-corrected chi connectivity index (χ2v) is 9.03. The Morgan fingerprint density at radius 3 is 2.30 bits per heavy atom. The molecule has 5 rings (SSSR count). The number of nitrogens with one attached hydrogen (secondary N) is 1. The van der Waals surface area contributed by atoms with Crippen LogP contribution in [0.4, 0.5) is 11.4 Å². The maximum Gasteiger partial charge on any atom is 0.276 e. The highest BCUT2D eigenvalue weighted by Gasteiger charge is 2.25. The van der Waals surface area contributed by atoms with Crippen LogP contribution in [0.25, 0.3) is 16.9 Å². The third-order valence-corrected chi connectivity index (χ3v) is 6.72. The SMILES string of the molecule is COc1ccc(-c2cc(C(=O)Nc3ccccc3N3CCC(C(N)=O)CC3)nn2-c2ccccc2)cc1. The summed E-state index contributed by atoms with van der Waals surface area (Å²) in [5.74, 6) is 0.104. The standard InChI is InChI=1S/C29H29N5O3/c1-37-23-13-11-20(12-14-23)27-19-25(32-34(27)22-7-3-2-4-8-22)29(36)31-24-9-5-6-10-26(24)33-17-15-21(16-18-33)28(30)35/h2-14,19,21H,15-18H2,1H3,(H2,30,35)(H,31,36). The van der Waals surface area contributed by atoms with Crippen LogP contribution < -0.4 is 20.7 Å². The molecule has 0 radical (unpaired) electrons. The van der Waals surface area contributed by atoms with Crippen LogP contribution in [0.3, 0.4) is 0 Å². The molecule has 3 aromatic carbocycles. The van der Waals surface area contributed by atoms with Gasteiger partial charge in [-0.25, -0.2) is 4.68 Å². The Bertz CT molecular complexity index is 1390. The maximum absolute atomic E-state index is 13.4. The topological polar surface area (TPSA) is 102 Å². The molecular weight excluding hydrogens is 466 g/mol. The molecule has 0 atom stereocenters. The number of anilines is 2. The number of para-hydroxylation sites is 3. The number of ether oxygens (including phenoxy) is 1. The zero-order valence-corrected chi connectivity index (χ0v) is 20.6. The van der Waals surface area contributed by atoms with Crippen molar-refractivity contribution >= 4 is 23.2 Å². The number of methoxy groups -OCH3 is 1. The zero-order valence-electron chi connectivity index (χ0n) is 20.6. The van der Waals surface area contributed by atoms with E-state index < -0.39 is 0 Å². The first-order valence-electron chi connectivity index (χ1n) is 12.3. The van der Waals surface area contributed by atoms with Crippen molar-refractivity contribution in [2.24, 2.45) is 11.7 Å². The lowest BCUT2D eigenvalue weighted by molar-refractivity contribution is -0.122. The van der Waals surface area contributed by atoms with Crippen molar-refractivity contribution in [2.45, 2.75) is 12.8 Å². The molecule has 1 aromatic heterocycles. The Hall–Kier alpha value is -4.59. The predicted molar refractivity (Wildman–Crippen MR) is 144 cm³/mol. The van der Waals surface area contributed by atoms with E-state index in [0.29, 0.717) is 37.3 Å². The highest BCUT2D eigenvalue weighted by atomic mass is 16.5. The Morgan fingerprint density at radius 1 is 0.946 bits per heavy atom. The molecule has 0 saturated carbocycles. The van der Waals surface area contributed by atoms with Crippen LogP contribution >= 0.6 is 0 Å². The summed E-state index contributed by atoms with van der Waals surface area (Å²) < 4.78 is 7.07.